The van der Waals surface area contributed by atoms with Crippen LogP contribution in [0.5, 0.6) is 0 Å². The number of rotatable bonds is 4. The number of hydrogen-bond donors (Lipinski definition) is 1. The molecule has 128 valence electrons. The van der Waals surface area contributed by atoms with E-state index < -0.39 is 5.76 Å². The molecular formula is C18H23N3O3. The summed E-state index contributed by atoms with van der Waals surface area (Å²) < 4.78 is 6.74. The van der Waals surface area contributed by atoms with Crippen molar-refractivity contribution < 1.29 is 9.21 Å². The fourth-order valence-electron chi connectivity index (χ4n) is 4.13. The van der Waals surface area contributed by atoms with Crippen molar-refractivity contribution in [1.82, 2.24) is 14.8 Å². The highest BCUT2D eigenvalue weighted by Gasteiger charge is 2.36. The van der Waals surface area contributed by atoms with Gasteiger partial charge in [0.1, 0.15) is 0 Å². The van der Waals surface area contributed by atoms with Crippen molar-refractivity contribution in [1.29, 1.82) is 0 Å². The second kappa shape index (κ2) is 6.43. The van der Waals surface area contributed by atoms with Crippen LogP contribution in [-0.2, 0) is 11.3 Å². The molecule has 0 radical (unpaired) electrons. The van der Waals surface area contributed by atoms with E-state index in [0.29, 0.717) is 24.6 Å². The predicted molar refractivity (Wildman–Crippen MR) is 90.9 cm³/mol. The van der Waals surface area contributed by atoms with Gasteiger partial charge in [-0.25, -0.2) is 4.79 Å². The van der Waals surface area contributed by atoms with Crippen LogP contribution in [0.4, 0.5) is 0 Å². The Balaban J connectivity index is 1.38. The first-order chi connectivity index (χ1) is 11.7. The largest absolute Gasteiger partial charge is 0.419 e. The van der Waals surface area contributed by atoms with Crippen molar-refractivity contribution in [2.24, 2.45) is 0 Å². The number of carbonyl (C=O) groups is 1. The quantitative estimate of drug-likeness (QED) is 0.927. The van der Waals surface area contributed by atoms with Crippen LogP contribution in [0.3, 0.4) is 0 Å². The average Bonchev–Trinajstić information content (AvgIpc) is 3.14. The van der Waals surface area contributed by atoms with Gasteiger partial charge in [0, 0.05) is 31.6 Å². The lowest BCUT2D eigenvalue weighted by molar-refractivity contribution is -0.122. The molecule has 1 N–H and O–H groups in total. The van der Waals surface area contributed by atoms with Crippen molar-refractivity contribution in [2.45, 2.75) is 50.7 Å². The van der Waals surface area contributed by atoms with Crippen molar-refractivity contribution in [3.05, 3.63) is 34.8 Å². The number of nitrogens with zero attached hydrogens (tertiary/aromatic N) is 2. The fourth-order valence-corrected chi connectivity index (χ4v) is 4.13. The van der Waals surface area contributed by atoms with E-state index in [-0.39, 0.29) is 11.9 Å². The summed E-state index contributed by atoms with van der Waals surface area (Å²) in [5, 5.41) is 3.18. The zero-order chi connectivity index (χ0) is 16.5. The highest BCUT2D eigenvalue weighted by molar-refractivity contribution is 5.77. The second-order valence-electron chi connectivity index (χ2n) is 6.80. The summed E-state index contributed by atoms with van der Waals surface area (Å²) in [5.41, 5.74) is 1.31. The molecule has 1 aromatic carbocycles. The molecule has 1 aromatic heterocycles. The first kappa shape index (κ1) is 15.4. The van der Waals surface area contributed by atoms with E-state index in [0.717, 1.165) is 25.0 Å². The minimum atomic E-state index is -0.400. The second-order valence-corrected chi connectivity index (χ2v) is 6.80. The smallest absolute Gasteiger partial charge is 0.408 e. The van der Waals surface area contributed by atoms with E-state index in [4.69, 9.17) is 4.42 Å². The van der Waals surface area contributed by atoms with Gasteiger partial charge in [-0.1, -0.05) is 18.6 Å². The van der Waals surface area contributed by atoms with Gasteiger partial charge in [0.2, 0.25) is 5.91 Å². The number of aryl methyl sites for hydroxylation is 1. The molecule has 2 aromatic rings. The van der Waals surface area contributed by atoms with Gasteiger partial charge in [-0.3, -0.25) is 14.3 Å². The zero-order valence-corrected chi connectivity index (χ0v) is 13.7. The molecule has 4 rings (SSSR count). The van der Waals surface area contributed by atoms with Crippen molar-refractivity contribution in [2.75, 3.05) is 13.1 Å². The lowest BCUT2D eigenvalue weighted by atomic mass is 9.99. The Kier molecular flexibility index (Phi) is 4.14. The minimum Gasteiger partial charge on any atom is -0.408 e. The molecule has 6 heteroatoms. The van der Waals surface area contributed by atoms with Crippen molar-refractivity contribution in [3.63, 3.8) is 0 Å². The molecule has 0 bridgehead atoms. The maximum Gasteiger partial charge on any atom is 0.419 e. The molecule has 0 aliphatic carbocycles. The zero-order valence-electron chi connectivity index (χ0n) is 13.7. The van der Waals surface area contributed by atoms with Gasteiger partial charge in [-0.05, 0) is 37.9 Å². The van der Waals surface area contributed by atoms with Gasteiger partial charge < -0.3 is 9.73 Å². The molecule has 0 spiro atoms. The third-order valence-electron chi connectivity index (χ3n) is 5.34. The topological polar surface area (TPSA) is 67.5 Å². The summed E-state index contributed by atoms with van der Waals surface area (Å²) in [5.74, 6) is -0.382. The monoisotopic (exact) mass is 329 g/mol. The normalized spacial score (nSPS) is 24.2. The fraction of sp³-hybridized carbons (Fsp3) is 0.556. The summed E-state index contributed by atoms with van der Waals surface area (Å²) >= 11 is 0. The number of benzene rings is 1. The summed E-state index contributed by atoms with van der Waals surface area (Å²) in [4.78, 5) is 26.8. The summed E-state index contributed by atoms with van der Waals surface area (Å²) in [6, 6.07) is 8.07. The number of aromatic nitrogens is 1. The Morgan fingerprint density at radius 3 is 3.00 bits per heavy atom. The molecule has 1 amide bonds. The molecular weight excluding hydrogens is 306 g/mol. The van der Waals surface area contributed by atoms with Gasteiger partial charge in [0.15, 0.2) is 5.58 Å². The van der Waals surface area contributed by atoms with E-state index in [1.165, 1.54) is 23.8 Å². The van der Waals surface area contributed by atoms with Gasteiger partial charge >= 0.3 is 5.76 Å². The number of amides is 1. The number of piperidine rings is 1. The highest BCUT2D eigenvalue weighted by Crippen LogP contribution is 2.27. The van der Waals surface area contributed by atoms with Crippen LogP contribution in [0.15, 0.2) is 33.5 Å². The standard InChI is InChI=1S/C18H23N3O3/c22-17(19-13-8-11-20-10-4-3-5-14(13)20)9-12-21-15-6-1-2-7-16(15)24-18(21)23/h1-2,6-7,13-14H,3-5,8-12H2,(H,19,22)/t13-,14-/m1/s1. The van der Waals surface area contributed by atoms with Crippen LogP contribution in [0.2, 0.25) is 0 Å². The first-order valence-corrected chi connectivity index (χ1v) is 8.84. The van der Waals surface area contributed by atoms with Gasteiger partial charge in [0.25, 0.3) is 0 Å². The Bertz CT molecular complexity index is 794. The van der Waals surface area contributed by atoms with Crippen LogP contribution >= 0.6 is 0 Å². The molecule has 3 heterocycles. The molecule has 0 saturated carbocycles. The minimum absolute atomic E-state index is 0.0182. The summed E-state index contributed by atoms with van der Waals surface area (Å²) in [6.07, 6.45) is 5.03. The molecule has 2 aliphatic rings. The number of nitrogens with one attached hydrogen (secondary N) is 1. The Hall–Kier alpha value is -2.08. The molecule has 24 heavy (non-hydrogen) atoms. The van der Waals surface area contributed by atoms with E-state index in [1.54, 1.807) is 6.07 Å². The van der Waals surface area contributed by atoms with E-state index in [1.807, 2.05) is 18.2 Å². The highest BCUT2D eigenvalue weighted by atomic mass is 16.4. The Labute approximate surface area is 140 Å². The molecule has 2 fully saturated rings. The maximum atomic E-state index is 12.3. The lowest BCUT2D eigenvalue weighted by Gasteiger charge is -2.32. The van der Waals surface area contributed by atoms with Crippen LogP contribution in [0, 0.1) is 0 Å². The van der Waals surface area contributed by atoms with Gasteiger partial charge in [-0.2, -0.15) is 0 Å². The first-order valence-electron chi connectivity index (χ1n) is 8.84. The van der Waals surface area contributed by atoms with E-state index in [9.17, 15) is 9.59 Å². The van der Waals surface area contributed by atoms with Gasteiger partial charge in [-0.15, -0.1) is 0 Å². The van der Waals surface area contributed by atoms with Crippen LogP contribution in [0.1, 0.15) is 32.1 Å². The number of para-hydroxylation sites is 2. The number of hydrogen-bond acceptors (Lipinski definition) is 4. The third kappa shape index (κ3) is 2.86. The van der Waals surface area contributed by atoms with E-state index in [2.05, 4.69) is 10.2 Å². The lowest BCUT2D eigenvalue weighted by Crippen LogP contribution is -2.47. The molecule has 2 saturated heterocycles. The van der Waals surface area contributed by atoms with E-state index >= 15 is 0 Å². The van der Waals surface area contributed by atoms with Crippen LogP contribution in [0.25, 0.3) is 11.1 Å². The number of fused-ring (bicyclic) bond motifs is 2. The average molecular weight is 329 g/mol. The van der Waals surface area contributed by atoms with Crippen molar-refractivity contribution >= 4 is 17.0 Å². The SMILES string of the molecule is O=C(CCn1c(=O)oc2ccccc21)N[C@@H]1CCN2CCCC[C@H]12. The maximum absolute atomic E-state index is 12.3. The number of carbonyl (C=O) groups excluding carboxylic acids is 1. The predicted octanol–water partition coefficient (Wildman–Crippen LogP) is 1.73. The molecule has 2 aliphatic heterocycles. The third-order valence-corrected chi connectivity index (χ3v) is 5.34. The number of oxazole rings is 1. The van der Waals surface area contributed by atoms with Gasteiger partial charge in [0.05, 0.1) is 5.52 Å². The van der Waals surface area contributed by atoms with Crippen molar-refractivity contribution in [3.8, 4) is 0 Å². The molecule has 2 atom stereocenters. The Morgan fingerprint density at radius 2 is 2.08 bits per heavy atom. The Morgan fingerprint density at radius 1 is 1.21 bits per heavy atom. The summed E-state index contributed by atoms with van der Waals surface area (Å²) in [7, 11) is 0. The van der Waals surface area contributed by atoms with Crippen LogP contribution in [-0.4, -0.2) is 40.5 Å². The van der Waals surface area contributed by atoms with Crippen LogP contribution < -0.4 is 11.1 Å². The molecule has 0 unspecified atom stereocenters. The summed E-state index contributed by atoms with van der Waals surface area (Å²) in [6.45, 7) is 2.59. The molecule has 6 nitrogen and oxygen atoms in total.